The van der Waals surface area contributed by atoms with E-state index in [0.717, 1.165) is 37.1 Å². The van der Waals surface area contributed by atoms with Crippen molar-refractivity contribution in [1.82, 2.24) is 4.90 Å². The minimum atomic E-state index is -0.337. The molecule has 0 saturated carbocycles. The molecule has 0 unspecified atom stereocenters. The number of hydrogen-bond acceptors (Lipinski definition) is 4. The molecule has 1 aromatic heterocycles. The summed E-state index contributed by atoms with van der Waals surface area (Å²) in [7, 11) is 1.64. The minimum Gasteiger partial charge on any atom is -0.496 e. The van der Waals surface area contributed by atoms with Gasteiger partial charge in [0, 0.05) is 12.1 Å². The highest BCUT2D eigenvalue weighted by Crippen LogP contribution is 2.36. The van der Waals surface area contributed by atoms with Gasteiger partial charge in [-0.15, -0.1) is 0 Å². The van der Waals surface area contributed by atoms with Gasteiger partial charge in [0.05, 0.1) is 23.6 Å². The summed E-state index contributed by atoms with van der Waals surface area (Å²) in [6, 6.07) is 19.2. The molecule has 0 atom stereocenters. The van der Waals surface area contributed by atoms with E-state index in [9.17, 15) is 9.18 Å². The maximum absolute atomic E-state index is 13.8. The molecule has 4 nitrogen and oxygen atoms in total. The van der Waals surface area contributed by atoms with E-state index >= 15 is 0 Å². The summed E-state index contributed by atoms with van der Waals surface area (Å²) in [4.78, 5) is 16.2. The van der Waals surface area contributed by atoms with Crippen LogP contribution in [-0.2, 0) is 6.54 Å². The zero-order chi connectivity index (χ0) is 22.8. The van der Waals surface area contributed by atoms with Crippen LogP contribution in [0.2, 0.25) is 0 Å². The van der Waals surface area contributed by atoms with E-state index in [2.05, 4.69) is 4.90 Å². The van der Waals surface area contributed by atoms with Crippen LogP contribution in [0.1, 0.15) is 24.8 Å². The highest BCUT2D eigenvalue weighted by Gasteiger charge is 2.23. The van der Waals surface area contributed by atoms with Crippen molar-refractivity contribution in [2.75, 3.05) is 20.2 Å². The van der Waals surface area contributed by atoms with Crippen molar-refractivity contribution >= 4 is 11.0 Å². The quantitative estimate of drug-likeness (QED) is 0.365. The van der Waals surface area contributed by atoms with Gasteiger partial charge in [0.2, 0.25) is 5.43 Å². The first-order chi connectivity index (χ1) is 16.2. The lowest BCUT2D eigenvalue weighted by atomic mass is 9.97. The predicted molar refractivity (Wildman–Crippen MR) is 129 cm³/mol. The third kappa shape index (κ3) is 4.16. The minimum absolute atomic E-state index is 0.107. The smallest absolute Gasteiger partial charge is 0.201 e. The molecular weight excluding hydrogens is 417 g/mol. The third-order valence-corrected chi connectivity index (χ3v) is 6.34. The summed E-state index contributed by atoms with van der Waals surface area (Å²) in [5.74, 6) is 0.802. The molecule has 0 amide bonds. The number of hydrogen-bond donors (Lipinski definition) is 0. The van der Waals surface area contributed by atoms with Crippen LogP contribution in [0.15, 0.2) is 75.9 Å². The van der Waals surface area contributed by atoms with Gasteiger partial charge >= 0.3 is 0 Å². The molecule has 0 N–H and O–H groups in total. The maximum Gasteiger partial charge on any atom is 0.201 e. The van der Waals surface area contributed by atoms with Crippen LogP contribution in [0.25, 0.3) is 33.4 Å². The summed E-state index contributed by atoms with van der Waals surface area (Å²) in [6.45, 7) is 2.67. The Bertz CT molecular complexity index is 1320. The fourth-order valence-electron chi connectivity index (χ4n) is 4.65. The Hall–Kier alpha value is -3.44. The number of fused-ring (bicyclic) bond motifs is 1. The number of halogens is 1. The van der Waals surface area contributed by atoms with Crippen LogP contribution < -0.4 is 10.2 Å². The summed E-state index contributed by atoms with van der Waals surface area (Å²) in [5.41, 5.74) is 3.19. The normalized spacial score (nSPS) is 14.5. The van der Waals surface area contributed by atoms with Crippen LogP contribution in [0.4, 0.5) is 4.39 Å². The van der Waals surface area contributed by atoms with Gasteiger partial charge in [-0.2, -0.15) is 0 Å². The topological polar surface area (TPSA) is 42.7 Å². The molecule has 0 radical (unpaired) electrons. The lowest BCUT2D eigenvalue weighted by molar-refractivity contribution is 0.218. The van der Waals surface area contributed by atoms with E-state index in [-0.39, 0.29) is 11.2 Å². The predicted octanol–water partition coefficient (Wildman–Crippen LogP) is 6.26. The molecule has 1 aliphatic rings. The standard InChI is InChI=1S/C28H26FNO3/c1-32-24-15-14-22-26(31)25(19-8-4-2-5-9-19)27(20-10-12-21(29)13-11-20)33-28(22)23(24)18-30-16-6-3-7-17-30/h2,4-5,8-15H,3,6-7,16-18H2,1H3. The van der Waals surface area contributed by atoms with Crippen LogP contribution in [-0.4, -0.2) is 25.1 Å². The van der Waals surface area contributed by atoms with E-state index in [4.69, 9.17) is 9.15 Å². The summed E-state index contributed by atoms with van der Waals surface area (Å²) in [5, 5.41) is 0.521. The van der Waals surface area contributed by atoms with E-state index in [1.54, 1.807) is 25.3 Å². The largest absolute Gasteiger partial charge is 0.496 e. The molecule has 5 rings (SSSR count). The van der Waals surface area contributed by atoms with Crippen molar-refractivity contribution in [2.45, 2.75) is 25.8 Å². The molecule has 33 heavy (non-hydrogen) atoms. The number of ether oxygens (including phenoxy) is 1. The number of benzene rings is 3. The maximum atomic E-state index is 13.8. The van der Waals surface area contributed by atoms with Crippen LogP contribution in [0.5, 0.6) is 5.75 Å². The van der Waals surface area contributed by atoms with Crippen LogP contribution >= 0.6 is 0 Å². The zero-order valence-corrected chi connectivity index (χ0v) is 18.6. The zero-order valence-electron chi connectivity index (χ0n) is 18.6. The second-order valence-corrected chi connectivity index (χ2v) is 8.47. The number of likely N-dealkylation sites (tertiary alicyclic amines) is 1. The van der Waals surface area contributed by atoms with E-state index in [1.165, 1.54) is 18.6 Å². The van der Waals surface area contributed by atoms with Crippen molar-refractivity contribution in [3.05, 3.63) is 88.3 Å². The lowest BCUT2D eigenvalue weighted by Crippen LogP contribution is -2.29. The van der Waals surface area contributed by atoms with Gasteiger partial charge in [0.15, 0.2) is 0 Å². The highest BCUT2D eigenvalue weighted by molar-refractivity contribution is 5.91. The third-order valence-electron chi connectivity index (χ3n) is 6.34. The first-order valence-corrected chi connectivity index (χ1v) is 11.4. The van der Waals surface area contributed by atoms with Gasteiger partial charge < -0.3 is 9.15 Å². The van der Waals surface area contributed by atoms with Crippen molar-refractivity contribution in [1.29, 1.82) is 0 Å². The van der Waals surface area contributed by atoms with Gasteiger partial charge in [0.25, 0.3) is 0 Å². The molecule has 0 bridgehead atoms. The second-order valence-electron chi connectivity index (χ2n) is 8.47. The molecule has 168 valence electrons. The monoisotopic (exact) mass is 443 g/mol. The molecule has 5 heteroatoms. The Balaban J connectivity index is 1.78. The molecule has 1 saturated heterocycles. The summed E-state index contributed by atoms with van der Waals surface area (Å²) >= 11 is 0. The Morgan fingerprint density at radius 3 is 2.33 bits per heavy atom. The number of methoxy groups -OCH3 is 1. The second kappa shape index (κ2) is 9.20. The number of rotatable bonds is 5. The van der Waals surface area contributed by atoms with Crippen LogP contribution in [0, 0.1) is 5.82 Å². The fraction of sp³-hybridized carbons (Fsp3) is 0.250. The first-order valence-electron chi connectivity index (χ1n) is 11.4. The molecule has 4 aromatic rings. The van der Waals surface area contributed by atoms with Gasteiger partial charge in [-0.25, -0.2) is 4.39 Å². The van der Waals surface area contributed by atoms with Crippen molar-refractivity contribution in [3.8, 4) is 28.2 Å². The lowest BCUT2D eigenvalue weighted by Gasteiger charge is -2.27. The van der Waals surface area contributed by atoms with Gasteiger partial charge in [-0.05, 0) is 67.9 Å². The van der Waals surface area contributed by atoms with Gasteiger partial charge in [0.1, 0.15) is 22.9 Å². The Kier molecular flexibility index (Phi) is 5.97. The molecule has 2 heterocycles. The average molecular weight is 444 g/mol. The van der Waals surface area contributed by atoms with Crippen molar-refractivity contribution < 1.29 is 13.5 Å². The van der Waals surface area contributed by atoms with Gasteiger partial charge in [-0.3, -0.25) is 9.69 Å². The molecule has 1 fully saturated rings. The van der Waals surface area contributed by atoms with E-state index in [1.807, 2.05) is 36.4 Å². The Morgan fingerprint density at radius 2 is 1.64 bits per heavy atom. The SMILES string of the molecule is COc1ccc2c(=O)c(-c3ccccc3)c(-c3ccc(F)cc3)oc2c1CN1CCCCC1. The summed E-state index contributed by atoms with van der Waals surface area (Å²) < 4.78 is 25.9. The molecule has 1 aliphatic heterocycles. The molecule has 3 aromatic carbocycles. The van der Waals surface area contributed by atoms with Crippen molar-refractivity contribution in [2.24, 2.45) is 0 Å². The average Bonchev–Trinajstić information content (AvgIpc) is 2.86. The number of piperidine rings is 1. The van der Waals surface area contributed by atoms with E-state index in [0.29, 0.717) is 40.2 Å². The molecular formula is C28H26FNO3. The first kappa shape index (κ1) is 21.4. The van der Waals surface area contributed by atoms with Crippen LogP contribution in [0.3, 0.4) is 0 Å². The van der Waals surface area contributed by atoms with E-state index < -0.39 is 0 Å². The Morgan fingerprint density at radius 1 is 0.909 bits per heavy atom. The number of nitrogens with zero attached hydrogens (tertiary/aromatic N) is 1. The molecule has 0 spiro atoms. The summed E-state index contributed by atoms with van der Waals surface area (Å²) in [6.07, 6.45) is 3.57. The Labute approximate surface area is 192 Å². The van der Waals surface area contributed by atoms with Gasteiger partial charge in [-0.1, -0.05) is 36.8 Å². The van der Waals surface area contributed by atoms with Crippen molar-refractivity contribution in [3.63, 3.8) is 0 Å². The highest BCUT2D eigenvalue weighted by atomic mass is 19.1. The fourth-order valence-corrected chi connectivity index (χ4v) is 4.65. The molecule has 0 aliphatic carbocycles.